The van der Waals surface area contributed by atoms with Crippen LogP contribution in [0.5, 0.6) is 0 Å². The third kappa shape index (κ3) is 1.57. The first kappa shape index (κ1) is 10.9. The molecule has 0 fully saturated rings. The molecule has 92 valence electrons. The summed E-state index contributed by atoms with van der Waals surface area (Å²) in [5, 5.41) is 5.50. The van der Waals surface area contributed by atoms with E-state index in [9.17, 15) is 0 Å². The summed E-state index contributed by atoms with van der Waals surface area (Å²) in [5.41, 5.74) is 12.1. The zero-order chi connectivity index (χ0) is 12.9. The number of H-pyrrole nitrogens is 1. The van der Waals surface area contributed by atoms with Gasteiger partial charge in [-0.1, -0.05) is 0 Å². The third-order valence-corrected chi connectivity index (χ3v) is 3.29. The van der Waals surface area contributed by atoms with E-state index in [0.29, 0.717) is 0 Å². The predicted molar refractivity (Wildman–Crippen MR) is 74.4 cm³/mol. The molecule has 0 radical (unpaired) electrons. The molecule has 0 aliphatic heterocycles. The largest absolute Gasteiger partial charge is 0.398 e. The van der Waals surface area contributed by atoms with Crippen molar-refractivity contribution in [2.75, 3.05) is 5.73 Å². The first-order chi connectivity index (χ1) is 8.54. The Kier molecular flexibility index (Phi) is 2.20. The van der Waals surface area contributed by atoms with Crippen LogP contribution in [0.15, 0.2) is 24.3 Å². The maximum atomic E-state index is 5.94. The van der Waals surface area contributed by atoms with Crippen molar-refractivity contribution in [3.8, 4) is 11.4 Å². The number of aromatic nitrogens is 3. The molecule has 0 saturated carbocycles. The number of aromatic amines is 1. The second-order valence-corrected chi connectivity index (χ2v) is 4.77. The molecular formula is C14H16N4. The van der Waals surface area contributed by atoms with E-state index in [1.54, 1.807) is 0 Å². The number of benzene rings is 1. The van der Waals surface area contributed by atoms with Crippen molar-refractivity contribution >= 4 is 16.6 Å². The number of nitrogens with two attached hydrogens (primary N) is 1. The highest BCUT2D eigenvalue weighted by atomic mass is 15.3. The second kappa shape index (κ2) is 3.63. The van der Waals surface area contributed by atoms with Crippen LogP contribution < -0.4 is 5.73 Å². The Morgan fingerprint density at radius 2 is 1.94 bits per heavy atom. The van der Waals surface area contributed by atoms with Gasteiger partial charge in [-0.05, 0) is 43.7 Å². The number of nitrogens with zero attached hydrogens (tertiary/aromatic N) is 2. The summed E-state index contributed by atoms with van der Waals surface area (Å²) in [6.45, 7) is 4.01. The second-order valence-electron chi connectivity index (χ2n) is 4.77. The van der Waals surface area contributed by atoms with Crippen LogP contribution in [0.1, 0.15) is 11.3 Å². The first-order valence-corrected chi connectivity index (χ1v) is 5.94. The SMILES string of the molecule is Cc1cc(-c2cc3cc(N)c(C)cc3[nH]2)n(C)n1. The van der Waals surface area contributed by atoms with Gasteiger partial charge in [0.25, 0.3) is 0 Å². The molecule has 3 rings (SSSR count). The Hall–Kier alpha value is -2.23. The fourth-order valence-corrected chi connectivity index (χ4v) is 2.31. The molecule has 4 heteroatoms. The van der Waals surface area contributed by atoms with E-state index in [0.717, 1.165) is 39.2 Å². The van der Waals surface area contributed by atoms with Gasteiger partial charge in [0.1, 0.15) is 0 Å². The zero-order valence-corrected chi connectivity index (χ0v) is 10.8. The van der Waals surface area contributed by atoms with E-state index in [2.05, 4.69) is 28.3 Å². The van der Waals surface area contributed by atoms with Gasteiger partial charge in [-0.2, -0.15) is 5.10 Å². The van der Waals surface area contributed by atoms with Crippen LogP contribution in [-0.4, -0.2) is 14.8 Å². The number of fused-ring (bicyclic) bond motifs is 1. The molecule has 1 aromatic carbocycles. The molecule has 0 atom stereocenters. The molecule has 3 N–H and O–H groups in total. The van der Waals surface area contributed by atoms with Gasteiger partial charge in [0, 0.05) is 23.6 Å². The molecule has 0 unspecified atom stereocenters. The van der Waals surface area contributed by atoms with Crippen molar-refractivity contribution in [1.82, 2.24) is 14.8 Å². The van der Waals surface area contributed by atoms with Crippen LogP contribution >= 0.6 is 0 Å². The van der Waals surface area contributed by atoms with Gasteiger partial charge in [0.15, 0.2) is 0 Å². The van der Waals surface area contributed by atoms with Gasteiger partial charge in [-0.15, -0.1) is 0 Å². The lowest BCUT2D eigenvalue weighted by atomic mass is 10.1. The highest BCUT2D eigenvalue weighted by molar-refractivity contribution is 5.88. The summed E-state index contributed by atoms with van der Waals surface area (Å²) >= 11 is 0. The van der Waals surface area contributed by atoms with Gasteiger partial charge >= 0.3 is 0 Å². The summed E-state index contributed by atoms with van der Waals surface area (Å²) in [4.78, 5) is 3.42. The fraction of sp³-hybridized carbons (Fsp3) is 0.214. The van der Waals surface area contributed by atoms with Crippen LogP contribution in [0, 0.1) is 13.8 Å². The quantitative estimate of drug-likeness (QED) is 0.642. The molecular weight excluding hydrogens is 224 g/mol. The monoisotopic (exact) mass is 240 g/mol. The van der Waals surface area contributed by atoms with Crippen molar-refractivity contribution < 1.29 is 0 Å². The van der Waals surface area contributed by atoms with Crippen molar-refractivity contribution in [2.45, 2.75) is 13.8 Å². The summed E-state index contributed by atoms with van der Waals surface area (Å²) < 4.78 is 1.89. The van der Waals surface area contributed by atoms with Gasteiger partial charge in [-0.3, -0.25) is 4.68 Å². The molecule has 4 nitrogen and oxygen atoms in total. The molecule has 3 aromatic rings. The average Bonchev–Trinajstić information content (AvgIpc) is 2.82. The lowest BCUT2D eigenvalue weighted by Gasteiger charge is -1.98. The standard InChI is InChI=1S/C14H16N4/c1-8-4-12-10(6-11(8)15)7-13(16-12)14-5-9(2)17-18(14)3/h4-7,16H,15H2,1-3H3. The number of hydrogen-bond acceptors (Lipinski definition) is 2. The Balaban J connectivity index is 2.22. The number of anilines is 1. The van der Waals surface area contributed by atoms with Gasteiger partial charge in [0.2, 0.25) is 0 Å². The molecule has 2 aromatic heterocycles. The molecule has 0 spiro atoms. The number of nitrogens with one attached hydrogen (secondary N) is 1. The molecule has 0 amide bonds. The van der Waals surface area contributed by atoms with Crippen LogP contribution in [0.2, 0.25) is 0 Å². The summed E-state index contributed by atoms with van der Waals surface area (Å²) in [7, 11) is 1.95. The lowest BCUT2D eigenvalue weighted by molar-refractivity contribution is 0.762. The van der Waals surface area contributed by atoms with E-state index < -0.39 is 0 Å². The smallest absolute Gasteiger partial charge is 0.0844 e. The van der Waals surface area contributed by atoms with Crippen molar-refractivity contribution in [1.29, 1.82) is 0 Å². The fourth-order valence-electron chi connectivity index (χ4n) is 2.31. The molecule has 0 saturated heterocycles. The Morgan fingerprint density at radius 3 is 2.61 bits per heavy atom. The van der Waals surface area contributed by atoms with E-state index >= 15 is 0 Å². The predicted octanol–water partition coefficient (Wildman–Crippen LogP) is 2.77. The van der Waals surface area contributed by atoms with Gasteiger partial charge in [0.05, 0.1) is 17.1 Å². The summed E-state index contributed by atoms with van der Waals surface area (Å²) in [6, 6.07) is 8.27. The van der Waals surface area contributed by atoms with Crippen LogP contribution in [0.25, 0.3) is 22.3 Å². The lowest BCUT2D eigenvalue weighted by Crippen LogP contribution is -1.93. The minimum absolute atomic E-state index is 0.828. The van der Waals surface area contributed by atoms with Crippen LogP contribution in [0.3, 0.4) is 0 Å². The number of nitrogen functional groups attached to an aromatic ring is 1. The molecule has 0 aliphatic carbocycles. The van der Waals surface area contributed by atoms with Crippen molar-refractivity contribution in [2.24, 2.45) is 7.05 Å². The molecule has 2 heterocycles. The van der Waals surface area contributed by atoms with Gasteiger partial charge in [-0.25, -0.2) is 0 Å². The maximum Gasteiger partial charge on any atom is 0.0844 e. The average molecular weight is 240 g/mol. The molecule has 18 heavy (non-hydrogen) atoms. The minimum Gasteiger partial charge on any atom is -0.398 e. The normalized spacial score (nSPS) is 11.3. The molecule has 0 aliphatic rings. The third-order valence-electron chi connectivity index (χ3n) is 3.29. The Morgan fingerprint density at radius 1 is 1.17 bits per heavy atom. The van der Waals surface area contributed by atoms with E-state index in [1.165, 1.54) is 0 Å². The summed E-state index contributed by atoms with van der Waals surface area (Å²) in [6.07, 6.45) is 0. The van der Waals surface area contributed by atoms with E-state index in [4.69, 9.17) is 5.73 Å². The Bertz CT molecular complexity index is 695. The van der Waals surface area contributed by atoms with E-state index in [-0.39, 0.29) is 0 Å². The topological polar surface area (TPSA) is 59.6 Å². The van der Waals surface area contributed by atoms with Crippen molar-refractivity contribution in [3.63, 3.8) is 0 Å². The van der Waals surface area contributed by atoms with E-state index in [1.807, 2.05) is 31.6 Å². The summed E-state index contributed by atoms with van der Waals surface area (Å²) in [5.74, 6) is 0. The van der Waals surface area contributed by atoms with Crippen LogP contribution in [-0.2, 0) is 7.05 Å². The first-order valence-electron chi connectivity index (χ1n) is 5.94. The van der Waals surface area contributed by atoms with Crippen molar-refractivity contribution in [3.05, 3.63) is 35.5 Å². The number of aryl methyl sites for hydroxylation is 3. The highest BCUT2D eigenvalue weighted by Gasteiger charge is 2.09. The number of hydrogen-bond donors (Lipinski definition) is 2. The van der Waals surface area contributed by atoms with Crippen LogP contribution in [0.4, 0.5) is 5.69 Å². The molecule has 0 bridgehead atoms. The number of rotatable bonds is 1. The zero-order valence-electron chi connectivity index (χ0n) is 10.8. The maximum absolute atomic E-state index is 5.94. The minimum atomic E-state index is 0.828. The highest BCUT2D eigenvalue weighted by Crippen LogP contribution is 2.27. The van der Waals surface area contributed by atoms with Gasteiger partial charge < -0.3 is 10.7 Å². The Labute approximate surface area is 105 Å².